The van der Waals surface area contributed by atoms with Gasteiger partial charge in [0, 0.05) is 12.1 Å². The average Bonchev–Trinajstić information content (AvgIpc) is 2.61. The van der Waals surface area contributed by atoms with E-state index in [0.29, 0.717) is 5.75 Å². The maximum absolute atomic E-state index is 10.2. The molecule has 0 radical (unpaired) electrons. The molecule has 0 aromatic heterocycles. The van der Waals surface area contributed by atoms with Crippen LogP contribution in [0.1, 0.15) is 43.4 Å². The number of methoxy groups -OCH3 is 1. The van der Waals surface area contributed by atoms with E-state index in [4.69, 9.17) is 4.74 Å². The van der Waals surface area contributed by atoms with Crippen LogP contribution in [-0.4, -0.2) is 31.2 Å². The Morgan fingerprint density at radius 3 is 2.00 bits per heavy atom. The normalized spacial score (nSPS) is 12.2. The summed E-state index contributed by atoms with van der Waals surface area (Å²) in [5.74, 6) is 1.23. The fourth-order valence-electron chi connectivity index (χ4n) is 3.22. The van der Waals surface area contributed by atoms with Crippen molar-refractivity contribution in [2.45, 2.75) is 33.2 Å². The molecule has 2 aromatic rings. The van der Waals surface area contributed by atoms with Crippen molar-refractivity contribution in [1.29, 1.82) is 0 Å². The summed E-state index contributed by atoms with van der Waals surface area (Å²) >= 11 is 0. The van der Waals surface area contributed by atoms with Crippen molar-refractivity contribution >= 4 is 11.1 Å². The van der Waals surface area contributed by atoms with Gasteiger partial charge < -0.3 is 14.7 Å². The predicted octanol–water partition coefficient (Wildman–Crippen LogP) is 5.19. The van der Waals surface area contributed by atoms with Gasteiger partial charge in [-0.1, -0.05) is 32.0 Å². The quantitative estimate of drug-likeness (QED) is 0.704. The molecular formula is C22H29NO2. The first-order chi connectivity index (χ1) is 12.0. The van der Waals surface area contributed by atoms with Gasteiger partial charge in [0.25, 0.3) is 0 Å². The Kier molecular flexibility index (Phi) is 6.65. The van der Waals surface area contributed by atoms with Crippen LogP contribution in [0.25, 0.3) is 11.1 Å². The molecule has 0 saturated heterocycles. The summed E-state index contributed by atoms with van der Waals surface area (Å²) in [4.78, 5) is 2.07. The van der Waals surface area contributed by atoms with E-state index in [0.717, 1.165) is 30.7 Å². The van der Waals surface area contributed by atoms with Gasteiger partial charge in [0.2, 0.25) is 0 Å². The molecule has 3 nitrogen and oxygen atoms in total. The monoisotopic (exact) mass is 339 g/mol. The Bertz CT molecular complexity index is 730. The van der Waals surface area contributed by atoms with Crippen LogP contribution >= 0.6 is 0 Å². The highest BCUT2D eigenvalue weighted by Crippen LogP contribution is 2.34. The minimum atomic E-state index is 0.357. The summed E-state index contributed by atoms with van der Waals surface area (Å²) in [7, 11) is 5.71. The van der Waals surface area contributed by atoms with Gasteiger partial charge in [0.05, 0.1) is 7.11 Å². The van der Waals surface area contributed by atoms with Crippen LogP contribution in [0, 0.1) is 0 Å². The summed E-state index contributed by atoms with van der Waals surface area (Å²) < 4.78 is 5.27. The number of phenolic OH excluding ortho intramolecular Hbond substituents is 1. The Balaban J connectivity index is 2.51. The van der Waals surface area contributed by atoms with Gasteiger partial charge in [0.1, 0.15) is 11.5 Å². The number of phenols is 1. The first-order valence-corrected chi connectivity index (χ1v) is 8.83. The van der Waals surface area contributed by atoms with Crippen LogP contribution in [0.2, 0.25) is 0 Å². The van der Waals surface area contributed by atoms with Gasteiger partial charge >= 0.3 is 0 Å². The summed E-state index contributed by atoms with van der Waals surface area (Å²) in [6, 6.07) is 14.2. The number of nitrogens with zero attached hydrogens (tertiary/aromatic N) is 1. The molecule has 0 saturated carbocycles. The second-order valence-corrected chi connectivity index (χ2v) is 6.47. The first-order valence-electron chi connectivity index (χ1n) is 8.83. The number of benzene rings is 2. The van der Waals surface area contributed by atoms with E-state index < -0.39 is 0 Å². The lowest BCUT2D eigenvalue weighted by Gasteiger charge is -2.17. The van der Waals surface area contributed by atoms with Crippen molar-refractivity contribution in [2.75, 3.05) is 21.2 Å². The van der Waals surface area contributed by atoms with Gasteiger partial charge in [-0.15, -0.1) is 0 Å². The minimum absolute atomic E-state index is 0.357. The number of rotatable bonds is 7. The molecule has 3 heteroatoms. The molecule has 2 rings (SSSR count). The zero-order chi connectivity index (χ0) is 18.4. The third kappa shape index (κ3) is 4.64. The molecule has 1 N–H and O–H groups in total. The van der Waals surface area contributed by atoms with Gasteiger partial charge in [-0.05, 0) is 73.5 Å². The van der Waals surface area contributed by atoms with E-state index in [2.05, 4.69) is 36.9 Å². The Hall–Kier alpha value is -2.26. The van der Waals surface area contributed by atoms with E-state index in [-0.39, 0.29) is 0 Å². The van der Waals surface area contributed by atoms with Crippen LogP contribution in [0.15, 0.2) is 42.5 Å². The summed E-state index contributed by atoms with van der Waals surface area (Å²) in [6.45, 7) is 5.10. The molecule has 0 bridgehead atoms. The Morgan fingerprint density at radius 1 is 0.920 bits per heavy atom. The van der Waals surface area contributed by atoms with E-state index >= 15 is 0 Å². The largest absolute Gasteiger partial charge is 0.508 e. The van der Waals surface area contributed by atoms with Crippen LogP contribution < -0.4 is 4.74 Å². The molecule has 0 atom stereocenters. The SMILES string of the molecule is CCC(=C(CC)c1ccc(O)c(CN(C)C)c1)c1ccc(OC)cc1. The number of aromatic hydroxyl groups is 1. The van der Waals surface area contributed by atoms with Gasteiger partial charge in [0.15, 0.2) is 0 Å². The van der Waals surface area contributed by atoms with Crippen LogP contribution in [-0.2, 0) is 6.54 Å². The number of allylic oxidation sites excluding steroid dienone is 2. The van der Waals surface area contributed by atoms with E-state index in [9.17, 15) is 5.11 Å². The molecule has 0 amide bonds. The second kappa shape index (κ2) is 8.72. The molecule has 0 heterocycles. The van der Waals surface area contributed by atoms with Crippen molar-refractivity contribution in [3.63, 3.8) is 0 Å². The van der Waals surface area contributed by atoms with Crippen LogP contribution in [0.4, 0.5) is 0 Å². The maximum Gasteiger partial charge on any atom is 0.120 e. The molecule has 0 spiro atoms. The lowest BCUT2D eigenvalue weighted by molar-refractivity contribution is 0.386. The summed E-state index contributed by atoms with van der Waals surface area (Å²) in [5.41, 5.74) is 6.03. The molecule has 0 unspecified atom stereocenters. The maximum atomic E-state index is 10.2. The molecule has 0 fully saturated rings. The number of ether oxygens (including phenoxy) is 1. The molecule has 0 aliphatic carbocycles. The van der Waals surface area contributed by atoms with Crippen molar-refractivity contribution in [3.05, 3.63) is 59.2 Å². The van der Waals surface area contributed by atoms with Crippen molar-refractivity contribution in [2.24, 2.45) is 0 Å². The fourth-order valence-corrected chi connectivity index (χ4v) is 3.22. The van der Waals surface area contributed by atoms with E-state index in [1.807, 2.05) is 38.4 Å². The Morgan fingerprint density at radius 2 is 1.48 bits per heavy atom. The molecule has 134 valence electrons. The third-order valence-corrected chi connectivity index (χ3v) is 4.42. The van der Waals surface area contributed by atoms with E-state index in [1.165, 1.54) is 22.3 Å². The van der Waals surface area contributed by atoms with Crippen molar-refractivity contribution in [1.82, 2.24) is 4.90 Å². The molecular weight excluding hydrogens is 310 g/mol. The van der Waals surface area contributed by atoms with Crippen LogP contribution in [0.5, 0.6) is 11.5 Å². The van der Waals surface area contributed by atoms with Crippen LogP contribution in [0.3, 0.4) is 0 Å². The number of hydrogen-bond donors (Lipinski definition) is 1. The zero-order valence-corrected chi connectivity index (χ0v) is 16.0. The summed E-state index contributed by atoms with van der Waals surface area (Å²) in [5, 5.41) is 10.2. The fraction of sp³-hybridized carbons (Fsp3) is 0.364. The smallest absolute Gasteiger partial charge is 0.120 e. The van der Waals surface area contributed by atoms with Gasteiger partial charge in [-0.25, -0.2) is 0 Å². The van der Waals surface area contributed by atoms with Gasteiger partial charge in [-0.3, -0.25) is 0 Å². The molecule has 2 aromatic carbocycles. The highest BCUT2D eigenvalue weighted by Gasteiger charge is 2.12. The number of hydrogen-bond acceptors (Lipinski definition) is 3. The third-order valence-electron chi connectivity index (χ3n) is 4.42. The predicted molar refractivity (Wildman–Crippen MR) is 106 cm³/mol. The minimum Gasteiger partial charge on any atom is -0.508 e. The topological polar surface area (TPSA) is 32.7 Å². The highest BCUT2D eigenvalue weighted by atomic mass is 16.5. The molecule has 0 aliphatic rings. The second-order valence-electron chi connectivity index (χ2n) is 6.47. The lowest BCUT2D eigenvalue weighted by Crippen LogP contribution is -2.11. The van der Waals surface area contributed by atoms with E-state index in [1.54, 1.807) is 7.11 Å². The summed E-state index contributed by atoms with van der Waals surface area (Å²) in [6.07, 6.45) is 1.90. The molecule has 25 heavy (non-hydrogen) atoms. The molecule has 0 aliphatic heterocycles. The lowest BCUT2D eigenvalue weighted by atomic mass is 9.90. The standard InChI is InChI=1S/C22H29NO2/c1-6-20(16-8-11-19(25-5)12-9-16)21(7-2)17-10-13-22(24)18(14-17)15-23(3)4/h8-14,24H,6-7,15H2,1-5H3. The van der Waals surface area contributed by atoms with Crippen molar-refractivity contribution < 1.29 is 9.84 Å². The zero-order valence-electron chi connectivity index (χ0n) is 16.0. The average molecular weight is 339 g/mol. The van der Waals surface area contributed by atoms with Gasteiger partial charge in [-0.2, -0.15) is 0 Å². The highest BCUT2D eigenvalue weighted by molar-refractivity contribution is 5.91. The Labute approximate surface area is 151 Å². The van der Waals surface area contributed by atoms with Crippen molar-refractivity contribution in [3.8, 4) is 11.5 Å². The first kappa shape index (κ1) is 19.1.